The number of piperidine rings is 1. The Bertz CT molecular complexity index is 747. The van der Waals surface area contributed by atoms with Gasteiger partial charge in [0.15, 0.2) is 0 Å². The smallest absolute Gasteiger partial charge is 0.308 e. The SMILES string of the molecule is CCCS(=O)(=O)Nc1cccc(C(=O)N2CC(C)CC(C(=O)O)C2)c1. The molecule has 2 atom stereocenters. The number of benzene rings is 1. The molecule has 1 aliphatic heterocycles. The lowest BCUT2D eigenvalue weighted by molar-refractivity contribution is -0.143. The highest BCUT2D eigenvalue weighted by Crippen LogP contribution is 2.24. The molecule has 7 nitrogen and oxygen atoms in total. The summed E-state index contributed by atoms with van der Waals surface area (Å²) in [5.41, 5.74) is 0.675. The van der Waals surface area contributed by atoms with Crippen LogP contribution in [0.25, 0.3) is 0 Å². The van der Waals surface area contributed by atoms with E-state index in [1.165, 1.54) is 11.0 Å². The van der Waals surface area contributed by atoms with Crippen molar-refractivity contribution < 1.29 is 23.1 Å². The zero-order chi connectivity index (χ0) is 18.6. The maximum Gasteiger partial charge on any atom is 0.308 e. The standard InChI is InChI=1S/C17H24N2O5S/c1-3-7-25(23,24)18-15-6-4-5-13(9-15)16(20)19-10-12(2)8-14(11-19)17(21)22/h4-6,9,12,14,18H,3,7-8,10-11H2,1-2H3,(H,21,22). The number of aliphatic carboxylic acids is 1. The van der Waals surface area contributed by atoms with E-state index in [4.69, 9.17) is 0 Å². The Hall–Kier alpha value is -2.09. The van der Waals surface area contributed by atoms with Gasteiger partial charge in [-0.05, 0) is 37.0 Å². The fourth-order valence-electron chi connectivity index (χ4n) is 3.09. The summed E-state index contributed by atoms with van der Waals surface area (Å²) in [5.74, 6) is -1.64. The van der Waals surface area contributed by atoms with Gasteiger partial charge in [0.2, 0.25) is 10.0 Å². The summed E-state index contributed by atoms with van der Waals surface area (Å²) in [4.78, 5) is 25.5. The van der Waals surface area contributed by atoms with Crippen LogP contribution in [0.4, 0.5) is 5.69 Å². The summed E-state index contributed by atoms with van der Waals surface area (Å²) in [6.07, 6.45) is 1.05. The molecule has 2 rings (SSSR count). The second kappa shape index (κ2) is 7.86. The zero-order valence-electron chi connectivity index (χ0n) is 14.4. The summed E-state index contributed by atoms with van der Waals surface area (Å²) in [6.45, 7) is 4.36. The highest BCUT2D eigenvalue weighted by molar-refractivity contribution is 7.92. The lowest BCUT2D eigenvalue weighted by Crippen LogP contribution is -2.45. The predicted octanol–water partition coefficient (Wildman–Crippen LogP) is 2.02. The molecule has 8 heteroatoms. The topological polar surface area (TPSA) is 104 Å². The van der Waals surface area contributed by atoms with E-state index in [9.17, 15) is 23.1 Å². The molecule has 1 amide bonds. The Morgan fingerprint density at radius 3 is 2.68 bits per heavy atom. The number of anilines is 1. The first-order chi connectivity index (χ1) is 11.7. The molecule has 1 saturated heterocycles. The van der Waals surface area contributed by atoms with Crippen molar-refractivity contribution >= 4 is 27.6 Å². The number of carboxylic acid groups (broad SMARTS) is 1. The summed E-state index contributed by atoms with van der Waals surface area (Å²) in [5, 5.41) is 9.23. The molecule has 1 aliphatic rings. The van der Waals surface area contributed by atoms with Crippen LogP contribution in [0.1, 0.15) is 37.0 Å². The number of amides is 1. The lowest BCUT2D eigenvalue weighted by atomic mass is 9.90. The van der Waals surface area contributed by atoms with E-state index in [2.05, 4.69) is 4.72 Å². The van der Waals surface area contributed by atoms with E-state index >= 15 is 0 Å². The maximum atomic E-state index is 12.7. The van der Waals surface area contributed by atoms with Crippen LogP contribution in [0.3, 0.4) is 0 Å². The van der Waals surface area contributed by atoms with Gasteiger partial charge in [-0.25, -0.2) is 8.42 Å². The molecule has 25 heavy (non-hydrogen) atoms. The average molecular weight is 368 g/mol. The molecule has 1 aromatic carbocycles. The minimum Gasteiger partial charge on any atom is -0.481 e. The first-order valence-corrected chi connectivity index (χ1v) is 9.99. The van der Waals surface area contributed by atoms with Gasteiger partial charge in [0.1, 0.15) is 0 Å². The van der Waals surface area contributed by atoms with Gasteiger partial charge in [-0.15, -0.1) is 0 Å². The molecular formula is C17H24N2O5S. The third-order valence-electron chi connectivity index (χ3n) is 4.15. The molecular weight excluding hydrogens is 344 g/mol. The number of rotatable bonds is 6. The van der Waals surface area contributed by atoms with Crippen molar-refractivity contribution in [2.75, 3.05) is 23.6 Å². The van der Waals surface area contributed by atoms with Crippen molar-refractivity contribution in [3.8, 4) is 0 Å². The summed E-state index contributed by atoms with van der Waals surface area (Å²) < 4.78 is 26.2. The first-order valence-electron chi connectivity index (χ1n) is 8.34. The van der Waals surface area contributed by atoms with Crippen LogP contribution in [0, 0.1) is 11.8 Å². The molecule has 138 valence electrons. The molecule has 0 spiro atoms. The van der Waals surface area contributed by atoms with Crippen molar-refractivity contribution in [3.05, 3.63) is 29.8 Å². The van der Waals surface area contributed by atoms with Gasteiger partial charge in [-0.3, -0.25) is 14.3 Å². The Morgan fingerprint density at radius 2 is 2.04 bits per heavy atom. The van der Waals surface area contributed by atoms with E-state index in [0.717, 1.165) is 0 Å². The fourth-order valence-corrected chi connectivity index (χ4v) is 4.22. The van der Waals surface area contributed by atoms with Crippen LogP contribution in [-0.2, 0) is 14.8 Å². The van der Waals surface area contributed by atoms with E-state index in [1.807, 2.05) is 6.92 Å². The van der Waals surface area contributed by atoms with E-state index < -0.39 is 21.9 Å². The van der Waals surface area contributed by atoms with Gasteiger partial charge in [0, 0.05) is 24.3 Å². The molecule has 0 aromatic heterocycles. The minimum atomic E-state index is -3.43. The molecule has 1 heterocycles. The second-order valence-corrected chi connectivity index (χ2v) is 8.43. The number of hydrogen-bond acceptors (Lipinski definition) is 4. The predicted molar refractivity (Wildman–Crippen MR) is 95.0 cm³/mol. The molecule has 1 aromatic rings. The average Bonchev–Trinajstić information content (AvgIpc) is 2.53. The summed E-state index contributed by atoms with van der Waals surface area (Å²) in [7, 11) is -3.43. The van der Waals surface area contributed by atoms with Crippen molar-refractivity contribution in [1.29, 1.82) is 0 Å². The van der Waals surface area contributed by atoms with Crippen LogP contribution in [0.5, 0.6) is 0 Å². The Balaban J connectivity index is 2.16. The number of nitrogens with one attached hydrogen (secondary N) is 1. The number of nitrogens with zero attached hydrogens (tertiary/aromatic N) is 1. The molecule has 2 N–H and O–H groups in total. The van der Waals surface area contributed by atoms with Crippen LogP contribution in [0.15, 0.2) is 24.3 Å². The molecule has 0 radical (unpaired) electrons. The number of hydrogen-bond donors (Lipinski definition) is 2. The number of carboxylic acids is 1. The monoisotopic (exact) mass is 368 g/mol. The van der Waals surface area contributed by atoms with Crippen LogP contribution in [-0.4, -0.2) is 49.1 Å². The Morgan fingerprint density at radius 1 is 1.32 bits per heavy atom. The van der Waals surface area contributed by atoms with Crippen molar-refractivity contribution in [3.63, 3.8) is 0 Å². The number of carbonyl (C=O) groups excluding carboxylic acids is 1. The molecule has 0 bridgehead atoms. The highest BCUT2D eigenvalue weighted by Gasteiger charge is 2.32. The van der Waals surface area contributed by atoms with E-state index in [1.54, 1.807) is 25.1 Å². The van der Waals surface area contributed by atoms with Gasteiger partial charge in [0.25, 0.3) is 5.91 Å². The summed E-state index contributed by atoms with van der Waals surface area (Å²) in [6, 6.07) is 6.29. The molecule has 2 unspecified atom stereocenters. The number of sulfonamides is 1. The molecule has 1 fully saturated rings. The van der Waals surface area contributed by atoms with Gasteiger partial charge in [0.05, 0.1) is 11.7 Å². The van der Waals surface area contributed by atoms with Crippen LogP contribution >= 0.6 is 0 Å². The highest BCUT2D eigenvalue weighted by atomic mass is 32.2. The molecule has 0 saturated carbocycles. The minimum absolute atomic E-state index is 0.00903. The number of carbonyl (C=O) groups is 2. The molecule has 0 aliphatic carbocycles. The lowest BCUT2D eigenvalue weighted by Gasteiger charge is -2.34. The zero-order valence-corrected chi connectivity index (χ0v) is 15.3. The van der Waals surface area contributed by atoms with Crippen LogP contribution < -0.4 is 4.72 Å². The maximum absolute atomic E-state index is 12.7. The van der Waals surface area contributed by atoms with Crippen molar-refractivity contribution in [2.45, 2.75) is 26.7 Å². The first kappa shape index (κ1) is 19.2. The Kier molecular flexibility index (Phi) is 6.05. The quantitative estimate of drug-likeness (QED) is 0.799. The summed E-state index contributed by atoms with van der Waals surface area (Å²) >= 11 is 0. The van der Waals surface area contributed by atoms with E-state index in [-0.39, 0.29) is 24.1 Å². The van der Waals surface area contributed by atoms with Gasteiger partial charge in [-0.1, -0.05) is 19.9 Å². The van der Waals surface area contributed by atoms with Gasteiger partial charge < -0.3 is 10.0 Å². The Labute approximate surface area is 148 Å². The van der Waals surface area contributed by atoms with Crippen LogP contribution in [0.2, 0.25) is 0 Å². The second-order valence-electron chi connectivity index (χ2n) is 6.59. The van der Waals surface area contributed by atoms with Crippen molar-refractivity contribution in [1.82, 2.24) is 4.90 Å². The fraction of sp³-hybridized carbons (Fsp3) is 0.529. The van der Waals surface area contributed by atoms with E-state index in [0.29, 0.717) is 30.6 Å². The van der Waals surface area contributed by atoms with Gasteiger partial charge >= 0.3 is 5.97 Å². The van der Waals surface area contributed by atoms with Gasteiger partial charge in [-0.2, -0.15) is 0 Å². The normalized spacial score (nSPS) is 21.0. The third kappa shape index (κ3) is 5.19. The third-order valence-corrected chi connectivity index (χ3v) is 5.64. The largest absolute Gasteiger partial charge is 0.481 e. The van der Waals surface area contributed by atoms with Crippen molar-refractivity contribution in [2.24, 2.45) is 11.8 Å². The number of likely N-dealkylation sites (tertiary alicyclic amines) is 1.